The third-order valence-corrected chi connectivity index (χ3v) is 6.11. The third-order valence-electron chi connectivity index (χ3n) is 4.40. The van der Waals surface area contributed by atoms with Crippen molar-refractivity contribution in [2.45, 2.75) is 24.7 Å². The zero-order valence-corrected chi connectivity index (χ0v) is 16.3. The summed E-state index contributed by atoms with van der Waals surface area (Å²) in [5, 5.41) is 5.32. The van der Waals surface area contributed by atoms with Crippen LogP contribution in [0.2, 0.25) is 0 Å². The van der Waals surface area contributed by atoms with Crippen LogP contribution in [0.25, 0.3) is 0 Å². The monoisotopic (exact) mass is 402 g/mol. The van der Waals surface area contributed by atoms with Crippen LogP contribution >= 0.6 is 0 Å². The smallest absolute Gasteiger partial charge is 0.262 e. The van der Waals surface area contributed by atoms with Gasteiger partial charge in [-0.1, -0.05) is 29.8 Å². The molecule has 0 saturated carbocycles. The fourth-order valence-electron chi connectivity index (χ4n) is 2.79. The van der Waals surface area contributed by atoms with Crippen molar-refractivity contribution in [3.63, 3.8) is 0 Å². The number of anilines is 1. The summed E-state index contributed by atoms with van der Waals surface area (Å²) >= 11 is 0. The van der Waals surface area contributed by atoms with E-state index in [9.17, 15) is 18.0 Å². The first-order chi connectivity index (χ1) is 13.3. The van der Waals surface area contributed by atoms with Crippen LogP contribution in [-0.4, -0.2) is 39.1 Å². The molecule has 0 radical (unpaired) electrons. The van der Waals surface area contributed by atoms with Crippen LogP contribution in [0.4, 0.5) is 5.69 Å². The highest BCUT2D eigenvalue weighted by atomic mass is 32.2. The molecule has 3 rings (SSSR count). The molecule has 2 N–H and O–H groups in total. The van der Waals surface area contributed by atoms with Crippen LogP contribution in [0.3, 0.4) is 0 Å². The van der Waals surface area contributed by atoms with Crippen molar-refractivity contribution in [1.29, 1.82) is 0 Å². The number of nitrogens with one attached hydrogen (secondary N) is 2. The first-order valence-corrected chi connectivity index (χ1v) is 10.6. The van der Waals surface area contributed by atoms with Gasteiger partial charge in [0.25, 0.3) is 5.91 Å². The predicted molar refractivity (Wildman–Crippen MR) is 105 cm³/mol. The molecule has 2 aromatic rings. The number of carbonyl (C=O) groups excluding carboxylic acids is 2. The van der Waals surface area contributed by atoms with Gasteiger partial charge in [0, 0.05) is 13.0 Å². The SMILES string of the molecule is Cc1ccc(CCNC(=O)CCS(=O)(=O)c2ccc3c(c2)NC(=O)CO3)cc1. The molecule has 0 aliphatic carbocycles. The van der Waals surface area contributed by atoms with Crippen LogP contribution in [0.15, 0.2) is 47.4 Å². The standard InChI is InChI=1S/C20H22N2O5S/c1-14-2-4-15(5-3-14)8-10-21-19(23)9-11-28(25,26)16-6-7-18-17(12-16)22-20(24)13-27-18/h2-7,12H,8-11,13H2,1H3,(H,21,23)(H,22,24). The summed E-state index contributed by atoms with van der Waals surface area (Å²) in [6, 6.07) is 12.3. The predicted octanol–water partition coefficient (Wildman–Crippen LogP) is 1.85. The van der Waals surface area contributed by atoms with E-state index in [1.165, 1.54) is 23.8 Å². The number of sulfone groups is 1. The molecule has 2 amide bonds. The normalized spacial score (nSPS) is 13.2. The fraction of sp³-hybridized carbons (Fsp3) is 0.300. The lowest BCUT2D eigenvalue weighted by Gasteiger charge is -2.18. The Hall–Kier alpha value is -2.87. The molecule has 8 heteroatoms. The second-order valence-electron chi connectivity index (χ2n) is 6.65. The summed E-state index contributed by atoms with van der Waals surface area (Å²) in [6.45, 7) is 2.36. The first kappa shape index (κ1) is 19.9. The summed E-state index contributed by atoms with van der Waals surface area (Å²) in [5.41, 5.74) is 2.60. The Kier molecular flexibility index (Phi) is 5.99. The van der Waals surface area contributed by atoms with Crippen LogP contribution in [0.1, 0.15) is 17.5 Å². The van der Waals surface area contributed by atoms with Gasteiger partial charge in [0.1, 0.15) is 5.75 Å². The van der Waals surface area contributed by atoms with Gasteiger partial charge in [0.05, 0.1) is 16.3 Å². The lowest BCUT2D eigenvalue weighted by molar-refractivity contribution is -0.120. The Morgan fingerprint density at radius 1 is 1.18 bits per heavy atom. The quantitative estimate of drug-likeness (QED) is 0.736. The number of rotatable bonds is 7. The summed E-state index contributed by atoms with van der Waals surface area (Å²) in [7, 11) is -3.66. The van der Waals surface area contributed by atoms with Gasteiger partial charge in [-0.3, -0.25) is 9.59 Å². The summed E-state index contributed by atoms with van der Waals surface area (Å²) in [5.74, 6) is -0.538. The molecule has 0 unspecified atom stereocenters. The molecular formula is C20H22N2O5S. The highest BCUT2D eigenvalue weighted by Gasteiger charge is 2.21. The summed E-state index contributed by atoms with van der Waals surface area (Å²) < 4.78 is 30.2. The van der Waals surface area contributed by atoms with Crippen molar-refractivity contribution in [3.8, 4) is 5.75 Å². The Morgan fingerprint density at radius 2 is 1.93 bits per heavy atom. The molecule has 0 atom stereocenters. The number of hydrogen-bond donors (Lipinski definition) is 2. The van der Waals surface area contributed by atoms with E-state index in [0.717, 1.165) is 5.56 Å². The second-order valence-corrected chi connectivity index (χ2v) is 8.76. The maximum absolute atomic E-state index is 12.5. The molecule has 2 aromatic carbocycles. The third kappa shape index (κ3) is 5.10. The number of ether oxygens (including phenoxy) is 1. The van der Waals surface area contributed by atoms with Crippen molar-refractivity contribution in [2.75, 3.05) is 24.2 Å². The van der Waals surface area contributed by atoms with E-state index in [4.69, 9.17) is 4.74 Å². The lowest BCUT2D eigenvalue weighted by atomic mass is 10.1. The summed E-state index contributed by atoms with van der Waals surface area (Å²) in [6.07, 6.45) is 0.555. The van der Waals surface area contributed by atoms with Crippen molar-refractivity contribution in [1.82, 2.24) is 5.32 Å². The molecule has 1 aliphatic rings. The Balaban J connectivity index is 1.51. The van der Waals surface area contributed by atoms with Crippen LogP contribution in [0.5, 0.6) is 5.75 Å². The van der Waals surface area contributed by atoms with Gasteiger partial charge >= 0.3 is 0 Å². The van der Waals surface area contributed by atoms with E-state index in [1.807, 2.05) is 31.2 Å². The second kappa shape index (κ2) is 8.43. The van der Waals surface area contributed by atoms with E-state index in [1.54, 1.807) is 0 Å². The molecule has 0 aromatic heterocycles. The topological polar surface area (TPSA) is 102 Å². The maximum atomic E-state index is 12.5. The minimum Gasteiger partial charge on any atom is -0.482 e. The van der Waals surface area contributed by atoms with Crippen molar-refractivity contribution >= 4 is 27.3 Å². The van der Waals surface area contributed by atoms with Crippen LogP contribution < -0.4 is 15.4 Å². The minimum absolute atomic E-state index is 0.0458. The van der Waals surface area contributed by atoms with E-state index in [-0.39, 0.29) is 35.5 Å². The van der Waals surface area contributed by atoms with Gasteiger partial charge < -0.3 is 15.4 Å². The van der Waals surface area contributed by atoms with Gasteiger partial charge in [-0.05, 0) is 37.1 Å². The fourth-order valence-corrected chi connectivity index (χ4v) is 4.05. The molecule has 0 spiro atoms. The van der Waals surface area contributed by atoms with E-state index in [2.05, 4.69) is 10.6 Å². The minimum atomic E-state index is -3.66. The molecule has 148 valence electrons. The average Bonchev–Trinajstić information content (AvgIpc) is 2.67. The van der Waals surface area contributed by atoms with Crippen molar-refractivity contribution in [3.05, 3.63) is 53.6 Å². The van der Waals surface area contributed by atoms with E-state index in [0.29, 0.717) is 24.4 Å². The molecular weight excluding hydrogens is 380 g/mol. The van der Waals surface area contributed by atoms with Crippen LogP contribution in [0, 0.1) is 6.92 Å². The van der Waals surface area contributed by atoms with Gasteiger partial charge in [0.2, 0.25) is 5.91 Å². The Morgan fingerprint density at radius 3 is 2.68 bits per heavy atom. The van der Waals surface area contributed by atoms with E-state index < -0.39 is 9.84 Å². The number of fused-ring (bicyclic) bond motifs is 1. The average molecular weight is 402 g/mol. The molecule has 1 heterocycles. The van der Waals surface area contributed by atoms with Crippen molar-refractivity contribution in [2.24, 2.45) is 0 Å². The number of carbonyl (C=O) groups is 2. The first-order valence-electron chi connectivity index (χ1n) is 8.95. The summed E-state index contributed by atoms with van der Waals surface area (Å²) in [4.78, 5) is 23.4. The highest BCUT2D eigenvalue weighted by molar-refractivity contribution is 7.91. The van der Waals surface area contributed by atoms with Gasteiger partial charge in [0.15, 0.2) is 16.4 Å². The highest BCUT2D eigenvalue weighted by Crippen LogP contribution is 2.30. The zero-order valence-electron chi connectivity index (χ0n) is 15.5. The molecule has 0 bridgehead atoms. The van der Waals surface area contributed by atoms with Gasteiger partial charge in [-0.15, -0.1) is 0 Å². The number of benzene rings is 2. The number of amides is 2. The lowest BCUT2D eigenvalue weighted by Crippen LogP contribution is -2.28. The zero-order chi connectivity index (χ0) is 20.1. The van der Waals surface area contributed by atoms with Gasteiger partial charge in [-0.25, -0.2) is 8.42 Å². The maximum Gasteiger partial charge on any atom is 0.262 e. The molecule has 0 fully saturated rings. The van der Waals surface area contributed by atoms with Crippen LogP contribution in [-0.2, 0) is 25.8 Å². The van der Waals surface area contributed by atoms with Gasteiger partial charge in [-0.2, -0.15) is 0 Å². The molecule has 7 nitrogen and oxygen atoms in total. The van der Waals surface area contributed by atoms with E-state index >= 15 is 0 Å². The number of aryl methyl sites for hydroxylation is 1. The Bertz CT molecular complexity index is 984. The molecule has 0 saturated heterocycles. The molecule has 1 aliphatic heterocycles. The van der Waals surface area contributed by atoms with Crippen molar-refractivity contribution < 1.29 is 22.7 Å². The molecule has 28 heavy (non-hydrogen) atoms. The Labute approximate surface area is 164 Å². The number of hydrogen-bond acceptors (Lipinski definition) is 5. The largest absolute Gasteiger partial charge is 0.482 e.